The van der Waals surface area contributed by atoms with Gasteiger partial charge in [-0.05, 0) is 44.9 Å². The third-order valence-corrected chi connectivity index (χ3v) is 7.51. The Morgan fingerprint density at radius 2 is 2.10 bits per heavy atom. The van der Waals surface area contributed by atoms with E-state index in [0.717, 1.165) is 31.1 Å². The van der Waals surface area contributed by atoms with E-state index < -0.39 is 0 Å². The van der Waals surface area contributed by atoms with Crippen LogP contribution in [0.25, 0.3) is 0 Å². The summed E-state index contributed by atoms with van der Waals surface area (Å²) < 4.78 is 0. The van der Waals surface area contributed by atoms with Gasteiger partial charge in [-0.15, -0.1) is 11.8 Å². The van der Waals surface area contributed by atoms with E-state index in [9.17, 15) is 9.59 Å². The number of amides is 2. The normalized spacial score (nSPS) is 42.3. The van der Waals surface area contributed by atoms with Gasteiger partial charge in [-0.2, -0.15) is 0 Å². The first-order chi connectivity index (χ1) is 10.1. The zero-order valence-electron chi connectivity index (χ0n) is 12.7. The van der Waals surface area contributed by atoms with Crippen LogP contribution in [0, 0.1) is 5.92 Å². The molecule has 4 nitrogen and oxygen atoms in total. The van der Waals surface area contributed by atoms with Crippen molar-refractivity contribution in [2.24, 2.45) is 5.92 Å². The fourth-order valence-corrected chi connectivity index (χ4v) is 6.35. The van der Waals surface area contributed by atoms with Gasteiger partial charge in [-0.3, -0.25) is 9.59 Å². The van der Waals surface area contributed by atoms with E-state index in [0.29, 0.717) is 12.5 Å². The quantitative estimate of drug-likeness (QED) is 0.746. The Hall–Kier alpha value is -0.710. The molecular formula is C16H24N2O2S. The molecule has 1 saturated carbocycles. The van der Waals surface area contributed by atoms with Crippen molar-refractivity contribution in [1.82, 2.24) is 9.80 Å². The third kappa shape index (κ3) is 2.03. The van der Waals surface area contributed by atoms with Crippen LogP contribution in [0.5, 0.6) is 0 Å². The number of carbonyl (C=O) groups excluding carboxylic acids is 2. The number of nitrogens with zero attached hydrogens (tertiary/aromatic N) is 2. The molecule has 4 fully saturated rings. The largest absolute Gasteiger partial charge is 0.338 e. The molecule has 0 bridgehead atoms. The van der Waals surface area contributed by atoms with Crippen molar-refractivity contribution < 1.29 is 9.59 Å². The summed E-state index contributed by atoms with van der Waals surface area (Å²) in [6.45, 7) is 3.03. The Labute approximate surface area is 130 Å². The zero-order chi connectivity index (χ0) is 14.6. The number of piperidine rings is 1. The summed E-state index contributed by atoms with van der Waals surface area (Å²) in [5.41, 5.74) is 0. The van der Waals surface area contributed by atoms with E-state index in [-0.39, 0.29) is 22.7 Å². The molecule has 4 aliphatic rings. The fraction of sp³-hybridized carbons (Fsp3) is 0.875. The Balaban J connectivity index is 1.56. The minimum atomic E-state index is -0.200. The van der Waals surface area contributed by atoms with Crippen LogP contribution >= 0.6 is 11.8 Å². The molecule has 0 aromatic carbocycles. The molecule has 4 atom stereocenters. The monoisotopic (exact) mass is 308 g/mol. The van der Waals surface area contributed by atoms with E-state index in [2.05, 4.69) is 11.8 Å². The van der Waals surface area contributed by atoms with Crippen LogP contribution < -0.4 is 0 Å². The van der Waals surface area contributed by atoms with Gasteiger partial charge in [-0.1, -0.05) is 6.42 Å². The van der Waals surface area contributed by atoms with E-state index in [1.807, 2.05) is 4.90 Å². The number of rotatable bonds is 1. The van der Waals surface area contributed by atoms with Gasteiger partial charge in [0.15, 0.2) is 0 Å². The first-order valence-corrected chi connectivity index (χ1v) is 9.35. The Kier molecular flexibility index (Phi) is 3.25. The summed E-state index contributed by atoms with van der Waals surface area (Å²) in [6, 6.07) is 0.259. The van der Waals surface area contributed by atoms with Crippen LogP contribution in [0.3, 0.4) is 0 Å². The number of carbonyl (C=O) groups is 2. The molecule has 5 heteroatoms. The first kappa shape index (κ1) is 13.9. The Morgan fingerprint density at radius 3 is 2.95 bits per heavy atom. The molecule has 3 aliphatic heterocycles. The van der Waals surface area contributed by atoms with Gasteiger partial charge < -0.3 is 9.80 Å². The van der Waals surface area contributed by atoms with Crippen LogP contribution in [-0.2, 0) is 9.59 Å². The van der Waals surface area contributed by atoms with Crippen molar-refractivity contribution in [3.63, 3.8) is 0 Å². The molecular weight excluding hydrogens is 284 g/mol. The molecule has 0 spiro atoms. The second kappa shape index (κ2) is 4.90. The molecule has 2 amide bonds. The summed E-state index contributed by atoms with van der Waals surface area (Å²) in [7, 11) is 0. The smallest absolute Gasteiger partial charge is 0.246 e. The highest BCUT2D eigenvalue weighted by Crippen LogP contribution is 2.48. The molecule has 4 unspecified atom stereocenters. The van der Waals surface area contributed by atoms with Gasteiger partial charge in [-0.25, -0.2) is 0 Å². The predicted molar refractivity (Wildman–Crippen MR) is 82.8 cm³/mol. The van der Waals surface area contributed by atoms with Gasteiger partial charge in [0, 0.05) is 24.8 Å². The molecule has 0 aromatic heterocycles. The van der Waals surface area contributed by atoms with Crippen molar-refractivity contribution in [2.75, 3.05) is 12.3 Å². The number of thioether (sulfide) groups is 1. The second-order valence-corrected chi connectivity index (χ2v) is 8.70. The van der Waals surface area contributed by atoms with Crippen molar-refractivity contribution in [3.8, 4) is 0 Å². The Morgan fingerprint density at radius 1 is 1.29 bits per heavy atom. The fourth-order valence-electron chi connectivity index (χ4n) is 4.92. The number of fused-ring (bicyclic) bond motifs is 2. The first-order valence-electron chi connectivity index (χ1n) is 8.37. The van der Waals surface area contributed by atoms with Crippen LogP contribution in [0.2, 0.25) is 0 Å². The van der Waals surface area contributed by atoms with Crippen molar-refractivity contribution in [1.29, 1.82) is 0 Å². The maximum absolute atomic E-state index is 13.1. The minimum absolute atomic E-state index is 0.123. The van der Waals surface area contributed by atoms with Crippen molar-refractivity contribution in [3.05, 3.63) is 0 Å². The highest BCUT2D eigenvalue weighted by atomic mass is 32.2. The van der Waals surface area contributed by atoms with Crippen LogP contribution in [0.1, 0.15) is 51.9 Å². The predicted octanol–water partition coefficient (Wildman–Crippen LogP) is 2.23. The summed E-state index contributed by atoms with van der Waals surface area (Å²) in [5.74, 6) is 1.92. The van der Waals surface area contributed by atoms with Crippen LogP contribution in [0.4, 0.5) is 0 Å². The minimum Gasteiger partial charge on any atom is -0.338 e. The lowest BCUT2D eigenvalue weighted by Crippen LogP contribution is -2.55. The lowest BCUT2D eigenvalue weighted by atomic mass is 9.91. The van der Waals surface area contributed by atoms with Gasteiger partial charge in [0.2, 0.25) is 11.8 Å². The number of hydrogen-bond acceptors (Lipinski definition) is 3. The molecule has 0 radical (unpaired) electrons. The number of likely N-dealkylation sites (tertiary alicyclic amines) is 1. The van der Waals surface area contributed by atoms with Gasteiger partial charge in [0.25, 0.3) is 0 Å². The average Bonchev–Trinajstić information content (AvgIpc) is 3.14. The standard InChI is InChI=1S/C16H24N2O2S/c1-16-8-7-14(19)18(16)13(10-21-16)15(20)17-9-3-5-11-4-2-6-12(11)17/h11-13H,2-10H2,1H3. The zero-order valence-corrected chi connectivity index (χ0v) is 13.5. The lowest BCUT2D eigenvalue weighted by Gasteiger charge is -2.41. The van der Waals surface area contributed by atoms with Gasteiger partial charge in [0.1, 0.15) is 6.04 Å². The molecule has 3 heterocycles. The SMILES string of the molecule is CC12CCC(=O)N1C(C(=O)N1CCCC3CCCC31)CS2. The van der Waals surface area contributed by atoms with E-state index in [1.54, 1.807) is 11.8 Å². The maximum atomic E-state index is 13.1. The van der Waals surface area contributed by atoms with Crippen LogP contribution in [0.15, 0.2) is 0 Å². The summed E-state index contributed by atoms with van der Waals surface area (Å²) in [4.78, 5) is 29.3. The third-order valence-electron chi connectivity index (χ3n) is 6.01. The van der Waals surface area contributed by atoms with Crippen LogP contribution in [-0.4, -0.2) is 50.9 Å². The molecule has 21 heavy (non-hydrogen) atoms. The molecule has 116 valence electrons. The lowest BCUT2D eigenvalue weighted by molar-refractivity contribution is -0.147. The van der Waals surface area contributed by atoms with Crippen molar-refractivity contribution in [2.45, 2.75) is 68.8 Å². The van der Waals surface area contributed by atoms with Gasteiger partial charge in [0.05, 0.1) is 4.87 Å². The second-order valence-electron chi connectivity index (χ2n) is 7.20. The highest BCUT2D eigenvalue weighted by Gasteiger charge is 2.54. The molecule has 0 aromatic rings. The highest BCUT2D eigenvalue weighted by molar-refractivity contribution is 8.01. The number of hydrogen-bond donors (Lipinski definition) is 0. The maximum Gasteiger partial charge on any atom is 0.246 e. The van der Waals surface area contributed by atoms with Gasteiger partial charge >= 0.3 is 0 Å². The van der Waals surface area contributed by atoms with E-state index in [4.69, 9.17) is 0 Å². The molecule has 3 saturated heterocycles. The summed E-state index contributed by atoms with van der Waals surface area (Å²) in [5, 5.41) is 0. The van der Waals surface area contributed by atoms with E-state index in [1.165, 1.54) is 25.7 Å². The van der Waals surface area contributed by atoms with E-state index >= 15 is 0 Å². The summed E-state index contributed by atoms with van der Waals surface area (Å²) in [6.07, 6.45) is 7.65. The average molecular weight is 308 g/mol. The molecule has 1 aliphatic carbocycles. The summed E-state index contributed by atoms with van der Waals surface area (Å²) >= 11 is 1.80. The Bertz CT molecular complexity index is 483. The van der Waals surface area contributed by atoms with Crippen molar-refractivity contribution >= 4 is 23.6 Å². The molecule has 0 N–H and O–H groups in total. The molecule has 4 rings (SSSR count). The topological polar surface area (TPSA) is 40.6 Å².